The monoisotopic (exact) mass is 1090 g/mol. The highest BCUT2D eigenvalue weighted by Crippen LogP contribution is 2.43. The molecule has 0 saturated carbocycles. The van der Waals surface area contributed by atoms with Gasteiger partial charge in [-0.25, -0.2) is 9.59 Å². The first kappa shape index (κ1) is 54.2. The summed E-state index contributed by atoms with van der Waals surface area (Å²) in [7, 11) is 3.01. The van der Waals surface area contributed by atoms with Gasteiger partial charge in [0.05, 0.1) is 54.6 Å². The molecular formula is C61H50O19. The summed E-state index contributed by atoms with van der Waals surface area (Å²) in [6.45, 7) is 8.49. The lowest BCUT2D eigenvalue weighted by atomic mass is 10.1. The molecule has 0 bridgehead atoms. The fraction of sp³-hybridized carbons (Fsp3) is 0.148. The second-order valence-corrected chi connectivity index (χ2v) is 18.3. The molecule has 0 atom stereocenters. The molecule has 5 N–H and O–H groups in total. The third-order valence-corrected chi connectivity index (χ3v) is 12.5. The predicted molar refractivity (Wildman–Crippen MR) is 299 cm³/mol. The van der Waals surface area contributed by atoms with Crippen LogP contribution >= 0.6 is 0 Å². The zero-order chi connectivity index (χ0) is 56.9. The molecular weight excluding hydrogens is 1040 g/mol. The van der Waals surface area contributed by atoms with Gasteiger partial charge in [-0.1, -0.05) is 17.2 Å². The molecule has 0 aliphatic heterocycles. The van der Waals surface area contributed by atoms with Crippen LogP contribution in [0.1, 0.15) is 39.4 Å². The molecule has 0 radical (unpaired) electrons. The number of fused-ring (bicyclic) bond motifs is 8. The van der Waals surface area contributed by atoms with E-state index in [2.05, 4.69) is 32.9 Å². The number of hydrogen-bond acceptors (Lipinski definition) is 19. The average Bonchev–Trinajstić information content (AvgIpc) is 4.36. The van der Waals surface area contributed by atoms with Gasteiger partial charge in [0.25, 0.3) is 0 Å². The Bertz CT molecular complexity index is 4610. The number of ether oxygens (including phenoxy) is 3. The van der Waals surface area contributed by atoms with Crippen molar-refractivity contribution in [3.8, 4) is 57.3 Å². The van der Waals surface area contributed by atoms with Crippen LogP contribution < -0.4 is 36.3 Å². The van der Waals surface area contributed by atoms with Crippen LogP contribution in [0.3, 0.4) is 0 Å². The fourth-order valence-corrected chi connectivity index (χ4v) is 8.71. The number of aromatic hydroxyl groups is 5. The Hall–Kier alpha value is -10.6. The molecule has 0 spiro atoms. The van der Waals surface area contributed by atoms with Gasteiger partial charge in [0.2, 0.25) is 16.9 Å². The molecule has 0 aliphatic rings. The van der Waals surface area contributed by atoms with Gasteiger partial charge in [-0.05, 0) is 107 Å². The Balaban J connectivity index is 0.000000131. The standard InChI is InChI=1S/C21H22O4.C15H10O7.C14H12O5.C11H6O3/c1-14(2)5-4-6-15(3)9-11-24-21-16-7-8-20(22)25-19(16)13-18-17(21)10-12-23-18;16-7-4-10(19)12-11(5-7)22-15(14(21)13(12)20)6-1-2-8(17)9(18)3-6;1-7-6-9(15)10-11(16-2)8-4-5-18-12(8)14(17-3)13(10)19-7;12-10-4-2-7-1-3-9-8(5-6-13-9)11(7)14-10/h5,7-10,12-13H,4,6,11H2,1-3H3;1-5,16-19,21H;4-6H,1-3H3;1-6H/b15-9+;;;. The SMILES string of the molecule is CC(C)=CCC/C(C)=C/COc1c2ccoc2cc2oc(=O)ccc12.COc1c2occc2c(OC)c2c(=O)cc(C)oc12.O=c1c(O)c(-c2ccc(O)c(O)c2)oc2cc(O)cc(O)c12.O=c1ccc2ccc3occc3c2o1. The van der Waals surface area contributed by atoms with Crippen molar-refractivity contribution in [1.82, 2.24) is 0 Å². The number of methoxy groups -OCH3 is 2. The molecule has 7 aromatic heterocycles. The molecule has 408 valence electrons. The second-order valence-electron chi connectivity index (χ2n) is 18.3. The lowest BCUT2D eigenvalue weighted by Gasteiger charge is -2.10. The number of rotatable bonds is 9. The van der Waals surface area contributed by atoms with Gasteiger partial charge in [0, 0.05) is 47.3 Å². The Morgan fingerprint density at radius 3 is 1.98 bits per heavy atom. The van der Waals surface area contributed by atoms with Gasteiger partial charge in [-0.15, -0.1) is 0 Å². The lowest BCUT2D eigenvalue weighted by molar-refractivity contribution is 0.369. The van der Waals surface area contributed by atoms with Crippen LogP contribution in [-0.2, 0) is 0 Å². The molecule has 0 saturated heterocycles. The normalized spacial score (nSPS) is 11.3. The average molecular weight is 1090 g/mol. The van der Waals surface area contributed by atoms with Crippen LogP contribution in [-0.4, -0.2) is 46.4 Å². The Morgan fingerprint density at radius 1 is 0.537 bits per heavy atom. The van der Waals surface area contributed by atoms with Gasteiger partial charge in [0.1, 0.15) is 74.1 Å². The van der Waals surface area contributed by atoms with Crippen molar-refractivity contribution in [1.29, 1.82) is 0 Å². The smallest absolute Gasteiger partial charge is 0.336 e. The second kappa shape index (κ2) is 23.0. The number of aryl methyl sites for hydroxylation is 1. The minimum absolute atomic E-state index is 0.134. The molecule has 0 amide bonds. The van der Waals surface area contributed by atoms with Crippen LogP contribution in [0.5, 0.6) is 46.0 Å². The number of furan rings is 3. The Morgan fingerprint density at radius 2 is 1.23 bits per heavy atom. The first-order valence-corrected chi connectivity index (χ1v) is 24.5. The number of allylic oxidation sites excluding steroid dienone is 3. The molecule has 0 fully saturated rings. The fourth-order valence-electron chi connectivity index (χ4n) is 8.71. The summed E-state index contributed by atoms with van der Waals surface area (Å²) in [5.74, 6) is -0.694. The first-order chi connectivity index (χ1) is 38.4. The molecule has 80 heavy (non-hydrogen) atoms. The van der Waals surface area contributed by atoms with E-state index in [1.54, 1.807) is 49.8 Å². The summed E-state index contributed by atoms with van der Waals surface area (Å²) >= 11 is 0. The number of hydrogen-bond donors (Lipinski definition) is 5. The first-order valence-electron chi connectivity index (χ1n) is 24.5. The van der Waals surface area contributed by atoms with Crippen LogP contribution in [0, 0.1) is 6.92 Å². The summed E-state index contributed by atoms with van der Waals surface area (Å²) < 4.78 is 54.1. The van der Waals surface area contributed by atoms with Crippen molar-refractivity contribution in [2.45, 2.75) is 40.5 Å². The van der Waals surface area contributed by atoms with E-state index in [0.29, 0.717) is 68.3 Å². The number of phenols is 4. The molecule has 19 heteroatoms. The van der Waals surface area contributed by atoms with E-state index in [0.717, 1.165) is 64.2 Å². The molecule has 5 aromatic carbocycles. The highest BCUT2D eigenvalue weighted by molar-refractivity contribution is 6.07. The van der Waals surface area contributed by atoms with Gasteiger partial charge in [-0.2, -0.15) is 0 Å². The van der Waals surface area contributed by atoms with Crippen molar-refractivity contribution in [2.24, 2.45) is 0 Å². The lowest BCUT2D eigenvalue weighted by Crippen LogP contribution is -2.04. The number of phenolic OH excluding ortho intramolecular Hbond substituents is 4. The van der Waals surface area contributed by atoms with E-state index in [9.17, 15) is 44.7 Å². The quantitative estimate of drug-likeness (QED) is 0.0510. The third kappa shape index (κ3) is 11.1. The molecule has 12 rings (SSSR count). The van der Waals surface area contributed by atoms with Crippen molar-refractivity contribution in [3.63, 3.8) is 0 Å². The van der Waals surface area contributed by atoms with Crippen molar-refractivity contribution < 1.29 is 70.7 Å². The number of benzene rings is 5. The molecule has 12 aromatic rings. The highest BCUT2D eigenvalue weighted by Gasteiger charge is 2.23. The molecule has 19 nitrogen and oxygen atoms in total. The van der Waals surface area contributed by atoms with Crippen molar-refractivity contribution in [2.75, 3.05) is 20.8 Å². The minimum Gasteiger partial charge on any atom is -0.508 e. The van der Waals surface area contributed by atoms with Gasteiger partial charge < -0.3 is 70.7 Å². The maximum Gasteiger partial charge on any atom is 0.336 e. The molecule has 0 aliphatic carbocycles. The summed E-state index contributed by atoms with van der Waals surface area (Å²) in [4.78, 5) is 46.8. The predicted octanol–water partition coefficient (Wildman–Crippen LogP) is 13.0. The van der Waals surface area contributed by atoms with Crippen LogP contribution in [0.15, 0.2) is 189 Å². The van der Waals surface area contributed by atoms with E-state index < -0.39 is 22.7 Å². The largest absolute Gasteiger partial charge is 0.508 e. The van der Waals surface area contributed by atoms with E-state index in [4.69, 9.17) is 45.1 Å². The van der Waals surface area contributed by atoms with E-state index in [1.807, 2.05) is 18.2 Å². The van der Waals surface area contributed by atoms with Gasteiger partial charge in [-0.3, -0.25) is 9.59 Å². The zero-order valence-electron chi connectivity index (χ0n) is 43.7. The van der Waals surface area contributed by atoms with Crippen LogP contribution in [0.2, 0.25) is 0 Å². The van der Waals surface area contributed by atoms with E-state index in [-0.39, 0.29) is 50.5 Å². The Labute approximate surface area is 450 Å². The maximum absolute atomic E-state index is 12.2. The topological polar surface area (TPSA) is 289 Å². The van der Waals surface area contributed by atoms with Crippen LogP contribution in [0.4, 0.5) is 0 Å². The van der Waals surface area contributed by atoms with Gasteiger partial charge in [0.15, 0.2) is 33.9 Å². The minimum atomic E-state index is -0.888. The molecule has 0 unspecified atom stereocenters. The summed E-state index contributed by atoms with van der Waals surface area (Å²) in [6.07, 6.45) is 11.1. The highest BCUT2D eigenvalue weighted by atomic mass is 16.5. The van der Waals surface area contributed by atoms with Crippen LogP contribution in [0.25, 0.3) is 88.1 Å². The maximum atomic E-state index is 12.2. The summed E-state index contributed by atoms with van der Waals surface area (Å²) in [5.41, 5.74) is 4.09. The van der Waals surface area contributed by atoms with Crippen molar-refractivity contribution >= 4 is 76.8 Å². The van der Waals surface area contributed by atoms with E-state index in [1.165, 1.54) is 55.9 Å². The van der Waals surface area contributed by atoms with Gasteiger partial charge >= 0.3 is 11.3 Å². The summed E-state index contributed by atoms with van der Waals surface area (Å²) in [6, 6.07) is 24.2. The molecule has 7 heterocycles. The van der Waals surface area contributed by atoms with Crippen molar-refractivity contribution in [3.05, 3.63) is 186 Å². The zero-order valence-corrected chi connectivity index (χ0v) is 43.7. The summed E-state index contributed by atoms with van der Waals surface area (Å²) in [5, 5.41) is 52.1. The third-order valence-electron chi connectivity index (χ3n) is 12.5. The van der Waals surface area contributed by atoms with E-state index >= 15 is 0 Å². The Kier molecular flexibility index (Phi) is 15.6.